The average molecular weight is 230 g/mol. The number of hydrogen-bond acceptors (Lipinski definition) is 3. The van der Waals surface area contributed by atoms with E-state index in [2.05, 4.69) is 11.1 Å². The Labute approximate surface area is 99.2 Å². The Kier molecular flexibility index (Phi) is 2.55. The molecule has 0 bridgehead atoms. The van der Waals surface area contributed by atoms with Gasteiger partial charge in [-0.3, -0.25) is 9.78 Å². The van der Waals surface area contributed by atoms with Crippen molar-refractivity contribution in [3.05, 3.63) is 30.3 Å². The lowest BCUT2D eigenvalue weighted by molar-refractivity contribution is -0.119. The first-order valence-electron chi connectivity index (χ1n) is 5.89. The number of carbonyl (C=O) groups is 1. The van der Waals surface area contributed by atoms with Crippen molar-refractivity contribution in [3.63, 3.8) is 0 Å². The molecule has 17 heavy (non-hydrogen) atoms. The summed E-state index contributed by atoms with van der Waals surface area (Å²) in [6.45, 7) is 1.65. The highest BCUT2D eigenvalue weighted by molar-refractivity contribution is 5.76. The van der Waals surface area contributed by atoms with Crippen molar-refractivity contribution in [3.8, 4) is 0 Å². The van der Waals surface area contributed by atoms with E-state index in [0.29, 0.717) is 5.92 Å². The van der Waals surface area contributed by atoms with Crippen LogP contribution in [-0.2, 0) is 4.79 Å². The molecule has 0 radical (unpaired) electrons. The standard InChI is InChI=1S/C13H14N2O2/c16-9-15-5-2-10(3-6-15)12-7-11-1-4-14-8-13(11)17-12/h1,4,7-10H,2-3,5-6H2. The minimum absolute atomic E-state index is 0.429. The van der Waals surface area contributed by atoms with Crippen LogP contribution in [0, 0.1) is 0 Å². The Morgan fingerprint density at radius 3 is 2.94 bits per heavy atom. The van der Waals surface area contributed by atoms with Gasteiger partial charge in [0.1, 0.15) is 5.76 Å². The first-order valence-corrected chi connectivity index (χ1v) is 5.89. The van der Waals surface area contributed by atoms with E-state index >= 15 is 0 Å². The predicted molar refractivity (Wildman–Crippen MR) is 63.6 cm³/mol. The lowest BCUT2D eigenvalue weighted by Gasteiger charge is -2.27. The maximum Gasteiger partial charge on any atom is 0.209 e. The molecule has 0 N–H and O–H groups in total. The smallest absolute Gasteiger partial charge is 0.209 e. The van der Waals surface area contributed by atoms with Gasteiger partial charge in [0.15, 0.2) is 5.58 Å². The number of hydrogen-bond donors (Lipinski definition) is 0. The molecule has 0 atom stereocenters. The molecule has 0 aromatic carbocycles. The number of likely N-dealkylation sites (tertiary alicyclic amines) is 1. The second kappa shape index (κ2) is 4.20. The quantitative estimate of drug-likeness (QED) is 0.743. The lowest BCUT2D eigenvalue weighted by Crippen LogP contribution is -2.31. The SMILES string of the molecule is O=CN1CCC(c2cc3ccncc3o2)CC1. The van der Waals surface area contributed by atoms with E-state index in [1.165, 1.54) is 0 Å². The Morgan fingerprint density at radius 2 is 2.24 bits per heavy atom. The Balaban J connectivity index is 1.82. The lowest BCUT2D eigenvalue weighted by atomic mass is 9.94. The zero-order valence-corrected chi connectivity index (χ0v) is 9.50. The molecule has 88 valence electrons. The number of aromatic nitrogens is 1. The van der Waals surface area contributed by atoms with Crippen LogP contribution in [0.1, 0.15) is 24.5 Å². The van der Waals surface area contributed by atoms with Crippen LogP contribution < -0.4 is 0 Å². The van der Waals surface area contributed by atoms with E-state index in [1.807, 2.05) is 11.0 Å². The number of pyridine rings is 1. The molecule has 2 aromatic rings. The fraction of sp³-hybridized carbons (Fsp3) is 0.385. The zero-order chi connectivity index (χ0) is 11.7. The van der Waals surface area contributed by atoms with E-state index in [4.69, 9.17) is 4.42 Å². The molecular formula is C13H14N2O2. The summed E-state index contributed by atoms with van der Waals surface area (Å²) in [5, 5.41) is 1.10. The Morgan fingerprint density at radius 1 is 1.41 bits per heavy atom. The molecule has 4 heteroatoms. The van der Waals surface area contributed by atoms with Crippen LogP contribution in [0.2, 0.25) is 0 Å². The zero-order valence-electron chi connectivity index (χ0n) is 9.50. The first-order chi connectivity index (χ1) is 8.36. The van der Waals surface area contributed by atoms with Crippen molar-refractivity contribution >= 4 is 17.4 Å². The van der Waals surface area contributed by atoms with E-state index < -0.39 is 0 Å². The molecule has 2 aromatic heterocycles. The molecule has 1 aliphatic rings. The van der Waals surface area contributed by atoms with E-state index in [9.17, 15) is 4.79 Å². The summed E-state index contributed by atoms with van der Waals surface area (Å²) in [4.78, 5) is 16.5. The Hall–Kier alpha value is -1.84. The number of rotatable bonds is 2. The molecule has 0 unspecified atom stereocenters. The van der Waals surface area contributed by atoms with Crippen molar-refractivity contribution in [2.75, 3.05) is 13.1 Å². The normalized spacial score (nSPS) is 17.5. The summed E-state index contributed by atoms with van der Waals surface area (Å²) < 4.78 is 5.81. The molecule has 1 amide bonds. The van der Waals surface area contributed by atoms with Crippen LogP contribution in [0.15, 0.2) is 28.9 Å². The largest absolute Gasteiger partial charge is 0.459 e. The van der Waals surface area contributed by atoms with Gasteiger partial charge in [-0.25, -0.2) is 0 Å². The highest BCUT2D eigenvalue weighted by Crippen LogP contribution is 2.31. The van der Waals surface area contributed by atoms with Gasteiger partial charge in [0, 0.05) is 30.6 Å². The number of piperidine rings is 1. The average Bonchev–Trinajstić information content (AvgIpc) is 2.82. The van der Waals surface area contributed by atoms with Gasteiger partial charge in [-0.15, -0.1) is 0 Å². The molecule has 3 rings (SSSR count). The van der Waals surface area contributed by atoms with Crippen molar-refractivity contribution in [1.82, 2.24) is 9.88 Å². The van der Waals surface area contributed by atoms with Crippen molar-refractivity contribution in [1.29, 1.82) is 0 Å². The van der Waals surface area contributed by atoms with Gasteiger partial charge in [0.05, 0.1) is 6.20 Å². The molecule has 1 aliphatic heterocycles. The van der Waals surface area contributed by atoms with Gasteiger partial charge >= 0.3 is 0 Å². The summed E-state index contributed by atoms with van der Waals surface area (Å²) in [7, 11) is 0. The molecular weight excluding hydrogens is 216 g/mol. The number of nitrogens with zero attached hydrogens (tertiary/aromatic N) is 2. The van der Waals surface area contributed by atoms with Crippen LogP contribution >= 0.6 is 0 Å². The number of carbonyl (C=O) groups excluding carboxylic acids is 1. The second-order valence-corrected chi connectivity index (χ2v) is 4.48. The third-order valence-electron chi connectivity index (χ3n) is 3.42. The molecule has 4 nitrogen and oxygen atoms in total. The van der Waals surface area contributed by atoms with Crippen LogP contribution in [0.4, 0.5) is 0 Å². The van der Waals surface area contributed by atoms with Gasteiger partial charge in [0.25, 0.3) is 0 Å². The van der Waals surface area contributed by atoms with Crippen molar-refractivity contribution in [2.24, 2.45) is 0 Å². The third-order valence-corrected chi connectivity index (χ3v) is 3.42. The van der Waals surface area contributed by atoms with Crippen LogP contribution in [-0.4, -0.2) is 29.4 Å². The number of fused-ring (bicyclic) bond motifs is 1. The van der Waals surface area contributed by atoms with E-state index in [-0.39, 0.29) is 0 Å². The van der Waals surface area contributed by atoms with Crippen LogP contribution in [0.3, 0.4) is 0 Å². The summed E-state index contributed by atoms with van der Waals surface area (Å²) in [5.41, 5.74) is 0.848. The summed E-state index contributed by atoms with van der Waals surface area (Å²) in [5.74, 6) is 1.46. The van der Waals surface area contributed by atoms with Gasteiger partial charge in [-0.05, 0) is 25.0 Å². The Bertz CT molecular complexity index is 494. The second-order valence-electron chi connectivity index (χ2n) is 4.48. The highest BCUT2D eigenvalue weighted by Gasteiger charge is 2.22. The predicted octanol–water partition coefficient (Wildman–Crippen LogP) is 2.16. The van der Waals surface area contributed by atoms with Crippen LogP contribution in [0.25, 0.3) is 11.0 Å². The number of furan rings is 1. The van der Waals surface area contributed by atoms with Gasteiger partial charge in [-0.1, -0.05) is 0 Å². The fourth-order valence-electron chi connectivity index (χ4n) is 2.40. The minimum Gasteiger partial charge on any atom is -0.459 e. The van der Waals surface area contributed by atoms with Crippen molar-refractivity contribution in [2.45, 2.75) is 18.8 Å². The van der Waals surface area contributed by atoms with Crippen LogP contribution in [0.5, 0.6) is 0 Å². The molecule has 0 saturated carbocycles. The van der Waals surface area contributed by atoms with Crippen molar-refractivity contribution < 1.29 is 9.21 Å². The summed E-state index contributed by atoms with van der Waals surface area (Å²) >= 11 is 0. The molecule has 0 spiro atoms. The minimum atomic E-state index is 0.429. The fourth-order valence-corrected chi connectivity index (χ4v) is 2.40. The molecule has 0 aliphatic carbocycles. The summed E-state index contributed by atoms with van der Waals surface area (Å²) in [6.07, 6.45) is 6.41. The van der Waals surface area contributed by atoms with Gasteiger partial charge in [0.2, 0.25) is 6.41 Å². The maximum absolute atomic E-state index is 10.6. The molecule has 1 fully saturated rings. The number of amides is 1. The van der Waals surface area contributed by atoms with Gasteiger partial charge in [-0.2, -0.15) is 0 Å². The maximum atomic E-state index is 10.6. The molecule has 1 saturated heterocycles. The van der Waals surface area contributed by atoms with E-state index in [0.717, 1.165) is 49.1 Å². The first kappa shape index (κ1) is 10.3. The topological polar surface area (TPSA) is 46.3 Å². The third kappa shape index (κ3) is 1.90. The van der Waals surface area contributed by atoms with E-state index in [1.54, 1.807) is 12.4 Å². The molecule has 3 heterocycles. The van der Waals surface area contributed by atoms with Gasteiger partial charge < -0.3 is 9.32 Å². The highest BCUT2D eigenvalue weighted by atomic mass is 16.3. The summed E-state index contributed by atoms with van der Waals surface area (Å²) in [6, 6.07) is 4.06. The monoisotopic (exact) mass is 230 g/mol.